The smallest absolute Gasteiger partial charge is 0.179 e. The number of ether oxygens (including phenoxy) is 3. The van der Waals surface area contributed by atoms with E-state index in [0.717, 1.165) is 31.8 Å². The van der Waals surface area contributed by atoms with Crippen LogP contribution in [0.1, 0.15) is 5.56 Å². The quantitative estimate of drug-likeness (QED) is 0.867. The first-order valence-corrected chi connectivity index (χ1v) is 7.43. The lowest BCUT2D eigenvalue weighted by atomic mass is 10.2. The van der Waals surface area contributed by atoms with E-state index in [4.69, 9.17) is 25.8 Å². The third-order valence-corrected chi connectivity index (χ3v) is 3.82. The number of nitrogens with zero attached hydrogens (tertiary/aromatic N) is 1. The van der Waals surface area contributed by atoms with Crippen LogP contribution in [0.15, 0.2) is 12.1 Å². The van der Waals surface area contributed by atoms with Gasteiger partial charge in [0, 0.05) is 26.2 Å². The maximum atomic E-state index is 6.20. The van der Waals surface area contributed by atoms with Crippen LogP contribution >= 0.6 is 11.6 Å². The Morgan fingerprint density at radius 1 is 1.38 bits per heavy atom. The highest BCUT2D eigenvalue weighted by Crippen LogP contribution is 2.35. The SMILES string of the molecule is COc1cc(CNCC2CN(C)CCO2)cc(Cl)c1OC. The third kappa shape index (κ3) is 4.48. The van der Waals surface area contributed by atoms with Crippen LogP contribution in [0.5, 0.6) is 11.5 Å². The van der Waals surface area contributed by atoms with E-state index >= 15 is 0 Å². The second-order valence-corrected chi connectivity index (χ2v) is 5.61. The normalized spacial score (nSPS) is 19.5. The number of rotatable bonds is 6. The Hall–Kier alpha value is -1.01. The van der Waals surface area contributed by atoms with E-state index in [0.29, 0.717) is 23.1 Å². The van der Waals surface area contributed by atoms with E-state index in [1.54, 1.807) is 14.2 Å². The molecule has 118 valence electrons. The van der Waals surface area contributed by atoms with Gasteiger partial charge >= 0.3 is 0 Å². The highest BCUT2D eigenvalue weighted by atomic mass is 35.5. The van der Waals surface area contributed by atoms with Crippen LogP contribution in [0.4, 0.5) is 0 Å². The summed E-state index contributed by atoms with van der Waals surface area (Å²) >= 11 is 6.20. The average Bonchev–Trinajstić information content (AvgIpc) is 2.46. The van der Waals surface area contributed by atoms with Crippen molar-refractivity contribution in [2.75, 3.05) is 47.5 Å². The fourth-order valence-corrected chi connectivity index (χ4v) is 2.75. The van der Waals surface area contributed by atoms with E-state index in [2.05, 4.69) is 17.3 Å². The van der Waals surface area contributed by atoms with Crippen LogP contribution in [0.2, 0.25) is 5.02 Å². The number of morpholine rings is 1. The number of likely N-dealkylation sites (N-methyl/N-ethyl adjacent to an activating group) is 1. The van der Waals surface area contributed by atoms with Gasteiger partial charge in [-0.3, -0.25) is 0 Å². The molecule has 1 heterocycles. The molecule has 21 heavy (non-hydrogen) atoms. The van der Waals surface area contributed by atoms with Crippen LogP contribution < -0.4 is 14.8 Å². The molecule has 2 rings (SSSR count). The van der Waals surface area contributed by atoms with Crippen molar-refractivity contribution < 1.29 is 14.2 Å². The molecule has 1 unspecified atom stereocenters. The molecule has 1 aliphatic rings. The minimum absolute atomic E-state index is 0.236. The van der Waals surface area contributed by atoms with Gasteiger partial charge in [0.15, 0.2) is 11.5 Å². The summed E-state index contributed by atoms with van der Waals surface area (Å²) in [4.78, 5) is 2.28. The summed E-state index contributed by atoms with van der Waals surface area (Å²) in [6.45, 7) is 4.28. The summed E-state index contributed by atoms with van der Waals surface area (Å²) in [6.07, 6.45) is 0.236. The molecule has 1 aromatic rings. The van der Waals surface area contributed by atoms with E-state index in [9.17, 15) is 0 Å². The Morgan fingerprint density at radius 2 is 2.19 bits per heavy atom. The van der Waals surface area contributed by atoms with Gasteiger partial charge in [-0.1, -0.05) is 11.6 Å². The summed E-state index contributed by atoms with van der Waals surface area (Å²) in [5.41, 5.74) is 1.06. The lowest BCUT2D eigenvalue weighted by Gasteiger charge is -2.30. The molecule has 0 spiro atoms. The fourth-order valence-electron chi connectivity index (χ4n) is 2.44. The van der Waals surface area contributed by atoms with Crippen LogP contribution in [0.25, 0.3) is 0 Å². The van der Waals surface area contributed by atoms with Gasteiger partial charge in [-0.2, -0.15) is 0 Å². The molecule has 0 saturated carbocycles. The summed E-state index contributed by atoms with van der Waals surface area (Å²) in [7, 11) is 5.30. The fraction of sp³-hybridized carbons (Fsp3) is 0.600. The maximum absolute atomic E-state index is 6.20. The number of benzene rings is 1. The van der Waals surface area contributed by atoms with Crippen molar-refractivity contribution in [2.45, 2.75) is 12.6 Å². The van der Waals surface area contributed by atoms with Gasteiger partial charge in [-0.25, -0.2) is 0 Å². The van der Waals surface area contributed by atoms with Crippen molar-refractivity contribution >= 4 is 11.6 Å². The number of methoxy groups -OCH3 is 2. The van der Waals surface area contributed by atoms with Crippen LogP contribution in [-0.2, 0) is 11.3 Å². The molecular formula is C15H23ClN2O3. The summed E-state index contributed by atoms with van der Waals surface area (Å²) in [5.74, 6) is 1.22. The molecule has 1 fully saturated rings. The van der Waals surface area contributed by atoms with Gasteiger partial charge < -0.3 is 24.4 Å². The largest absolute Gasteiger partial charge is 0.493 e. The molecule has 0 aliphatic carbocycles. The van der Waals surface area contributed by atoms with Gasteiger partial charge in [0.2, 0.25) is 0 Å². The lowest BCUT2D eigenvalue weighted by Crippen LogP contribution is -2.44. The lowest BCUT2D eigenvalue weighted by molar-refractivity contribution is -0.0182. The van der Waals surface area contributed by atoms with Crippen LogP contribution in [-0.4, -0.2) is 58.5 Å². The number of nitrogens with one attached hydrogen (secondary N) is 1. The third-order valence-electron chi connectivity index (χ3n) is 3.54. The van der Waals surface area contributed by atoms with Gasteiger partial charge in [0.1, 0.15) is 0 Å². The molecule has 5 nitrogen and oxygen atoms in total. The van der Waals surface area contributed by atoms with E-state index < -0.39 is 0 Å². The number of hydrogen-bond donors (Lipinski definition) is 1. The highest BCUT2D eigenvalue weighted by molar-refractivity contribution is 6.32. The Bertz CT molecular complexity index is 470. The van der Waals surface area contributed by atoms with Crippen LogP contribution in [0.3, 0.4) is 0 Å². The molecule has 0 amide bonds. The molecule has 6 heteroatoms. The molecule has 1 aliphatic heterocycles. The molecule has 0 aromatic heterocycles. The first-order chi connectivity index (χ1) is 10.1. The van der Waals surface area contributed by atoms with Crippen molar-refractivity contribution in [2.24, 2.45) is 0 Å². The zero-order valence-corrected chi connectivity index (χ0v) is 13.6. The Balaban J connectivity index is 1.89. The van der Waals surface area contributed by atoms with Crippen molar-refractivity contribution in [1.29, 1.82) is 0 Å². The summed E-state index contributed by atoms with van der Waals surface area (Å²) in [6, 6.07) is 3.83. The van der Waals surface area contributed by atoms with Gasteiger partial charge in [0.05, 0.1) is 32.0 Å². The van der Waals surface area contributed by atoms with Crippen molar-refractivity contribution in [1.82, 2.24) is 10.2 Å². The Kier molecular flexibility index (Phi) is 6.11. The Labute approximate surface area is 131 Å². The van der Waals surface area contributed by atoms with Gasteiger partial charge in [-0.05, 0) is 24.7 Å². The zero-order chi connectivity index (χ0) is 15.2. The summed E-state index contributed by atoms with van der Waals surface area (Å²) in [5, 5.41) is 3.96. The Morgan fingerprint density at radius 3 is 2.86 bits per heavy atom. The monoisotopic (exact) mass is 314 g/mol. The predicted molar refractivity (Wildman–Crippen MR) is 83.5 cm³/mol. The highest BCUT2D eigenvalue weighted by Gasteiger charge is 2.17. The van der Waals surface area contributed by atoms with Gasteiger partial charge in [-0.15, -0.1) is 0 Å². The second kappa shape index (κ2) is 7.84. The molecular weight excluding hydrogens is 292 g/mol. The first kappa shape index (κ1) is 16.4. The number of hydrogen-bond acceptors (Lipinski definition) is 5. The topological polar surface area (TPSA) is 43.0 Å². The zero-order valence-electron chi connectivity index (χ0n) is 12.8. The van der Waals surface area contributed by atoms with E-state index in [-0.39, 0.29) is 6.10 Å². The van der Waals surface area contributed by atoms with E-state index in [1.807, 2.05) is 12.1 Å². The molecule has 1 aromatic carbocycles. The van der Waals surface area contributed by atoms with Crippen molar-refractivity contribution in [3.63, 3.8) is 0 Å². The van der Waals surface area contributed by atoms with E-state index in [1.165, 1.54) is 0 Å². The minimum atomic E-state index is 0.236. The molecule has 1 atom stereocenters. The van der Waals surface area contributed by atoms with Crippen molar-refractivity contribution in [3.05, 3.63) is 22.7 Å². The van der Waals surface area contributed by atoms with Crippen LogP contribution in [0, 0.1) is 0 Å². The standard InChI is InChI=1S/C15H23ClN2O3/c1-18-4-5-21-12(10-18)9-17-8-11-6-13(16)15(20-3)14(7-11)19-2/h6-7,12,17H,4-5,8-10H2,1-3H3. The number of halogens is 1. The summed E-state index contributed by atoms with van der Waals surface area (Å²) < 4.78 is 16.2. The molecule has 1 saturated heterocycles. The predicted octanol–water partition coefficient (Wildman–Crippen LogP) is 1.78. The first-order valence-electron chi connectivity index (χ1n) is 7.05. The van der Waals surface area contributed by atoms with Crippen molar-refractivity contribution in [3.8, 4) is 11.5 Å². The van der Waals surface area contributed by atoms with Gasteiger partial charge in [0.25, 0.3) is 0 Å². The maximum Gasteiger partial charge on any atom is 0.179 e. The minimum Gasteiger partial charge on any atom is -0.493 e. The second-order valence-electron chi connectivity index (χ2n) is 5.20. The molecule has 0 bridgehead atoms. The molecule has 1 N–H and O–H groups in total. The average molecular weight is 315 g/mol. The molecule has 0 radical (unpaired) electrons.